The number of nitrogens with one attached hydrogen (secondary N) is 2. The van der Waals surface area contributed by atoms with Crippen molar-refractivity contribution in [3.63, 3.8) is 0 Å². The molecule has 0 spiro atoms. The van der Waals surface area contributed by atoms with Crippen molar-refractivity contribution >= 4 is 16.6 Å². The minimum Gasteiger partial charge on any atom is -0.398 e. The van der Waals surface area contributed by atoms with Crippen molar-refractivity contribution < 1.29 is 0 Å². The van der Waals surface area contributed by atoms with Gasteiger partial charge in [0.25, 0.3) is 0 Å². The molecule has 2 aromatic rings. The zero-order valence-corrected chi connectivity index (χ0v) is 10.00. The predicted molar refractivity (Wildman–Crippen MR) is 71.8 cm³/mol. The van der Waals surface area contributed by atoms with Crippen molar-refractivity contribution in [2.24, 2.45) is 0 Å². The Morgan fingerprint density at radius 3 is 2.88 bits per heavy atom. The molecule has 0 saturated heterocycles. The summed E-state index contributed by atoms with van der Waals surface area (Å²) in [6.07, 6.45) is 5.39. The number of H-pyrrole nitrogens is 1. The molecule has 0 aliphatic heterocycles. The van der Waals surface area contributed by atoms with Crippen LogP contribution in [-0.4, -0.2) is 11.0 Å². The van der Waals surface area contributed by atoms with Crippen LogP contribution < -0.4 is 11.1 Å². The van der Waals surface area contributed by atoms with Gasteiger partial charge in [0, 0.05) is 34.9 Å². The molecule has 0 amide bonds. The summed E-state index contributed by atoms with van der Waals surface area (Å²) < 4.78 is 0. The molecule has 3 heteroatoms. The zero-order valence-electron chi connectivity index (χ0n) is 10.00. The number of benzene rings is 1. The van der Waals surface area contributed by atoms with Crippen LogP contribution in [-0.2, 0) is 6.54 Å². The molecule has 0 unspecified atom stereocenters. The van der Waals surface area contributed by atoms with Crippen molar-refractivity contribution in [2.45, 2.75) is 38.3 Å². The van der Waals surface area contributed by atoms with Crippen molar-refractivity contribution in [3.8, 4) is 0 Å². The molecule has 90 valence electrons. The molecule has 4 N–H and O–H groups in total. The molecule has 1 aromatic heterocycles. The SMILES string of the molecule is Nc1cccc2[nH]c(CNC3CCCC3)cc12. The summed E-state index contributed by atoms with van der Waals surface area (Å²) in [5.41, 5.74) is 9.16. The van der Waals surface area contributed by atoms with Gasteiger partial charge in [-0.2, -0.15) is 0 Å². The number of rotatable bonds is 3. The summed E-state index contributed by atoms with van der Waals surface area (Å²) in [6, 6.07) is 8.88. The van der Waals surface area contributed by atoms with E-state index in [1.54, 1.807) is 0 Å². The molecule has 1 saturated carbocycles. The molecule has 3 nitrogen and oxygen atoms in total. The van der Waals surface area contributed by atoms with Gasteiger partial charge in [-0.1, -0.05) is 18.9 Å². The molecular weight excluding hydrogens is 210 g/mol. The summed E-state index contributed by atoms with van der Waals surface area (Å²) in [4.78, 5) is 3.42. The van der Waals surface area contributed by atoms with Gasteiger partial charge >= 0.3 is 0 Å². The Hall–Kier alpha value is -1.48. The molecule has 1 aliphatic carbocycles. The third-order valence-corrected chi connectivity index (χ3v) is 3.69. The van der Waals surface area contributed by atoms with Gasteiger partial charge < -0.3 is 16.0 Å². The predicted octanol–water partition coefficient (Wildman–Crippen LogP) is 2.78. The van der Waals surface area contributed by atoms with E-state index in [2.05, 4.69) is 22.4 Å². The second kappa shape index (κ2) is 4.41. The Bertz CT molecular complexity index is 509. The van der Waals surface area contributed by atoms with Crippen LogP contribution in [0.25, 0.3) is 10.9 Å². The highest BCUT2D eigenvalue weighted by Gasteiger charge is 2.14. The van der Waals surface area contributed by atoms with E-state index in [-0.39, 0.29) is 0 Å². The van der Waals surface area contributed by atoms with Crippen molar-refractivity contribution in [1.29, 1.82) is 0 Å². The average Bonchev–Trinajstić information content (AvgIpc) is 2.95. The van der Waals surface area contributed by atoms with E-state index in [9.17, 15) is 0 Å². The molecule has 1 aliphatic rings. The van der Waals surface area contributed by atoms with Crippen LogP contribution in [0.3, 0.4) is 0 Å². The number of nitrogen functional groups attached to an aromatic ring is 1. The van der Waals surface area contributed by atoms with Crippen LogP contribution >= 0.6 is 0 Å². The smallest absolute Gasteiger partial charge is 0.0477 e. The monoisotopic (exact) mass is 229 g/mol. The van der Waals surface area contributed by atoms with E-state index in [4.69, 9.17) is 5.73 Å². The fourth-order valence-electron chi connectivity index (χ4n) is 2.72. The number of nitrogens with two attached hydrogens (primary N) is 1. The van der Waals surface area contributed by atoms with Crippen molar-refractivity contribution in [1.82, 2.24) is 10.3 Å². The second-order valence-corrected chi connectivity index (χ2v) is 4.97. The maximum absolute atomic E-state index is 5.95. The van der Waals surface area contributed by atoms with E-state index < -0.39 is 0 Å². The highest BCUT2D eigenvalue weighted by Crippen LogP contribution is 2.22. The first-order valence-corrected chi connectivity index (χ1v) is 6.42. The normalized spacial score (nSPS) is 16.9. The Balaban J connectivity index is 1.74. The maximum Gasteiger partial charge on any atom is 0.0477 e. The molecule has 1 fully saturated rings. The molecule has 0 bridgehead atoms. The quantitative estimate of drug-likeness (QED) is 0.709. The van der Waals surface area contributed by atoms with Gasteiger partial charge in [0.15, 0.2) is 0 Å². The van der Waals surface area contributed by atoms with E-state index in [1.807, 2.05) is 12.1 Å². The number of fused-ring (bicyclic) bond motifs is 1. The van der Waals surface area contributed by atoms with Gasteiger partial charge in [-0.15, -0.1) is 0 Å². The minimum atomic E-state index is 0.707. The number of hydrogen-bond acceptors (Lipinski definition) is 2. The van der Waals surface area contributed by atoms with E-state index >= 15 is 0 Å². The van der Waals surface area contributed by atoms with Crippen LogP contribution in [0, 0.1) is 0 Å². The number of hydrogen-bond donors (Lipinski definition) is 3. The molecule has 0 atom stereocenters. The van der Waals surface area contributed by atoms with Gasteiger partial charge in [0.05, 0.1) is 0 Å². The lowest BCUT2D eigenvalue weighted by molar-refractivity contribution is 0.520. The topological polar surface area (TPSA) is 53.8 Å². The number of aromatic nitrogens is 1. The first-order valence-electron chi connectivity index (χ1n) is 6.42. The van der Waals surface area contributed by atoms with Gasteiger partial charge in [-0.25, -0.2) is 0 Å². The van der Waals surface area contributed by atoms with Crippen LogP contribution in [0.5, 0.6) is 0 Å². The Morgan fingerprint density at radius 2 is 2.12 bits per heavy atom. The Morgan fingerprint density at radius 1 is 1.29 bits per heavy atom. The summed E-state index contributed by atoms with van der Waals surface area (Å²) in [6.45, 7) is 0.915. The third-order valence-electron chi connectivity index (χ3n) is 3.69. The first-order chi connectivity index (χ1) is 8.33. The van der Waals surface area contributed by atoms with Gasteiger partial charge in [-0.3, -0.25) is 0 Å². The van der Waals surface area contributed by atoms with Crippen molar-refractivity contribution in [3.05, 3.63) is 30.0 Å². The molecule has 3 rings (SSSR count). The van der Waals surface area contributed by atoms with Gasteiger partial charge in [0.1, 0.15) is 0 Å². The minimum absolute atomic E-state index is 0.707. The molecule has 1 heterocycles. The summed E-state index contributed by atoms with van der Waals surface area (Å²) >= 11 is 0. The average molecular weight is 229 g/mol. The van der Waals surface area contributed by atoms with Crippen molar-refractivity contribution in [2.75, 3.05) is 5.73 Å². The third kappa shape index (κ3) is 2.15. The Kier molecular flexibility index (Phi) is 2.77. The lowest BCUT2D eigenvalue weighted by Crippen LogP contribution is -2.25. The zero-order chi connectivity index (χ0) is 11.7. The lowest BCUT2D eigenvalue weighted by Gasteiger charge is -2.10. The maximum atomic E-state index is 5.95. The van der Waals surface area contributed by atoms with Crippen LogP contribution in [0.15, 0.2) is 24.3 Å². The number of anilines is 1. The van der Waals surface area contributed by atoms with Gasteiger partial charge in [0.2, 0.25) is 0 Å². The highest BCUT2D eigenvalue weighted by atomic mass is 14.9. The summed E-state index contributed by atoms with van der Waals surface area (Å²) in [7, 11) is 0. The molecule has 1 aromatic carbocycles. The molecule has 0 radical (unpaired) electrons. The fraction of sp³-hybridized carbons (Fsp3) is 0.429. The van der Waals surface area contributed by atoms with E-state index in [0.29, 0.717) is 6.04 Å². The summed E-state index contributed by atoms with van der Waals surface area (Å²) in [5, 5.41) is 4.74. The van der Waals surface area contributed by atoms with Crippen LogP contribution in [0.1, 0.15) is 31.4 Å². The first kappa shape index (κ1) is 10.7. The fourth-order valence-corrected chi connectivity index (χ4v) is 2.72. The molecule has 17 heavy (non-hydrogen) atoms. The van der Waals surface area contributed by atoms with Crippen LogP contribution in [0.2, 0.25) is 0 Å². The largest absolute Gasteiger partial charge is 0.398 e. The number of aromatic amines is 1. The summed E-state index contributed by atoms with van der Waals surface area (Å²) in [5.74, 6) is 0. The van der Waals surface area contributed by atoms with Gasteiger partial charge in [-0.05, 0) is 31.0 Å². The second-order valence-electron chi connectivity index (χ2n) is 4.97. The molecular formula is C14H19N3. The van der Waals surface area contributed by atoms with E-state index in [1.165, 1.54) is 31.4 Å². The lowest BCUT2D eigenvalue weighted by atomic mass is 10.2. The highest BCUT2D eigenvalue weighted by molar-refractivity contribution is 5.91. The van der Waals surface area contributed by atoms with Crippen LogP contribution in [0.4, 0.5) is 5.69 Å². The standard InChI is InChI=1S/C14H19N3/c15-13-6-3-7-14-12(13)8-11(17-14)9-16-10-4-1-2-5-10/h3,6-8,10,16-17H,1-2,4-5,9,15H2. The van der Waals surface area contributed by atoms with E-state index in [0.717, 1.165) is 23.1 Å². The Labute approximate surface area is 101 Å².